The molecule has 0 spiro atoms. The van der Waals surface area contributed by atoms with E-state index in [9.17, 15) is 13.2 Å². The van der Waals surface area contributed by atoms with E-state index in [4.69, 9.17) is 0 Å². The lowest BCUT2D eigenvalue weighted by Crippen LogP contribution is -2.31. The molecule has 0 aromatic heterocycles. The van der Waals surface area contributed by atoms with Gasteiger partial charge in [0.2, 0.25) is 0 Å². The van der Waals surface area contributed by atoms with Crippen LogP contribution >= 0.6 is 0 Å². The fourth-order valence-corrected chi connectivity index (χ4v) is 2.86. The molecule has 0 heterocycles. The first kappa shape index (κ1) is 30.9. The van der Waals surface area contributed by atoms with E-state index in [2.05, 4.69) is 60.4 Å². The van der Waals surface area contributed by atoms with Gasteiger partial charge >= 0.3 is 6.36 Å². The molecule has 188 valence electrons. The SMILES string of the molecule is CC.CC(C)C.CCc1cccc(CN(CCN(C)C)Cc2ccccc2OC(F)(F)F)c1. The molecule has 0 bridgehead atoms. The molecular formula is C27H43F3N2O. The summed E-state index contributed by atoms with van der Waals surface area (Å²) in [4.78, 5) is 4.21. The number of aryl methyl sites for hydroxylation is 1. The Bertz CT molecular complexity index is 758. The van der Waals surface area contributed by atoms with E-state index in [1.54, 1.807) is 18.2 Å². The summed E-state index contributed by atoms with van der Waals surface area (Å²) >= 11 is 0. The van der Waals surface area contributed by atoms with Gasteiger partial charge in [0, 0.05) is 31.7 Å². The van der Waals surface area contributed by atoms with Crippen molar-refractivity contribution in [3.05, 3.63) is 65.2 Å². The average Bonchev–Trinajstić information content (AvgIpc) is 2.73. The highest BCUT2D eigenvalue weighted by atomic mass is 19.4. The van der Waals surface area contributed by atoms with Gasteiger partial charge in [-0.25, -0.2) is 0 Å². The van der Waals surface area contributed by atoms with Gasteiger partial charge in [-0.2, -0.15) is 0 Å². The fraction of sp³-hybridized carbons (Fsp3) is 0.556. The highest BCUT2D eigenvalue weighted by molar-refractivity contribution is 5.33. The number of hydrogen-bond donors (Lipinski definition) is 0. The van der Waals surface area contributed by atoms with Crippen molar-refractivity contribution in [1.29, 1.82) is 0 Å². The second-order valence-corrected chi connectivity index (χ2v) is 8.58. The van der Waals surface area contributed by atoms with Crippen LogP contribution in [0.3, 0.4) is 0 Å². The summed E-state index contributed by atoms with van der Waals surface area (Å²) in [5.74, 6) is 0.696. The number of alkyl halides is 3. The molecule has 0 atom stereocenters. The van der Waals surface area contributed by atoms with Gasteiger partial charge in [-0.15, -0.1) is 13.2 Å². The Labute approximate surface area is 199 Å². The third-order valence-corrected chi connectivity index (χ3v) is 4.26. The van der Waals surface area contributed by atoms with Crippen molar-refractivity contribution in [2.75, 3.05) is 27.2 Å². The minimum Gasteiger partial charge on any atom is -0.405 e. The maximum absolute atomic E-state index is 12.7. The van der Waals surface area contributed by atoms with Crippen molar-refractivity contribution in [2.45, 2.75) is 67.4 Å². The molecule has 6 heteroatoms. The van der Waals surface area contributed by atoms with Crippen LogP contribution in [0.4, 0.5) is 13.2 Å². The lowest BCUT2D eigenvalue weighted by atomic mass is 10.1. The zero-order chi connectivity index (χ0) is 25.4. The molecule has 2 aromatic rings. The summed E-state index contributed by atoms with van der Waals surface area (Å²) in [5, 5.41) is 0. The van der Waals surface area contributed by atoms with Crippen LogP contribution < -0.4 is 4.74 Å². The fourth-order valence-electron chi connectivity index (χ4n) is 2.86. The third-order valence-electron chi connectivity index (χ3n) is 4.26. The van der Waals surface area contributed by atoms with Crippen LogP contribution in [0.1, 0.15) is 58.2 Å². The molecule has 0 unspecified atom stereocenters. The number of para-hydroxylation sites is 1. The topological polar surface area (TPSA) is 15.7 Å². The lowest BCUT2D eigenvalue weighted by molar-refractivity contribution is -0.275. The van der Waals surface area contributed by atoms with E-state index >= 15 is 0 Å². The van der Waals surface area contributed by atoms with Gasteiger partial charge in [0.15, 0.2) is 0 Å². The van der Waals surface area contributed by atoms with Gasteiger partial charge in [-0.05, 0) is 43.6 Å². The monoisotopic (exact) mass is 468 g/mol. The summed E-state index contributed by atoms with van der Waals surface area (Å²) in [6.45, 7) is 15.2. The number of ether oxygens (including phenoxy) is 1. The van der Waals surface area contributed by atoms with E-state index in [0.717, 1.165) is 31.0 Å². The number of rotatable bonds is 9. The quantitative estimate of drug-likeness (QED) is 0.381. The van der Waals surface area contributed by atoms with Crippen LogP contribution in [0.15, 0.2) is 48.5 Å². The molecule has 0 N–H and O–H groups in total. The largest absolute Gasteiger partial charge is 0.573 e. The van der Waals surface area contributed by atoms with Crippen molar-refractivity contribution < 1.29 is 17.9 Å². The van der Waals surface area contributed by atoms with Crippen molar-refractivity contribution in [2.24, 2.45) is 5.92 Å². The molecule has 0 aliphatic carbocycles. The van der Waals surface area contributed by atoms with Crippen LogP contribution in [-0.4, -0.2) is 43.3 Å². The van der Waals surface area contributed by atoms with Gasteiger partial charge in [0.1, 0.15) is 5.75 Å². The van der Waals surface area contributed by atoms with E-state index < -0.39 is 6.36 Å². The summed E-state index contributed by atoms with van der Waals surface area (Å²) in [6.07, 6.45) is -3.74. The van der Waals surface area contributed by atoms with Crippen molar-refractivity contribution >= 4 is 0 Å². The number of nitrogens with zero attached hydrogens (tertiary/aromatic N) is 2. The normalized spacial score (nSPS) is 11.1. The molecule has 3 nitrogen and oxygen atoms in total. The van der Waals surface area contributed by atoms with Gasteiger partial charge in [-0.3, -0.25) is 4.90 Å². The minimum absolute atomic E-state index is 0.137. The molecule has 2 aromatic carbocycles. The van der Waals surface area contributed by atoms with E-state index in [1.165, 1.54) is 11.6 Å². The molecule has 0 fully saturated rings. The molecule has 0 aliphatic heterocycles. The van der Waals surface area contributed by atoms with Crippen molar-refractivity contribution in [3.63, 3.8) is 0 Å². The Kier molecular flexibility index (Phi) is 15.5. The number of halogens is 3. The molecule has 0 saturated heterocycles. The summed E-state index contributed by atoms with van der Waals surface area (Å²) in [7, 11) is 3.97. The zero-order valence-corrected chi connectivity index (χ0v) is 21.7. The maximum Gasteiger partial charge on any atom is 0.573 e. The van der Waals surface area contributed by atoms with Crippen molar-refractivity contribution in [1.82, 2.24) is 9.80 Å². The molecular weight excluding hydrogens is 425 g/mol. The lowest BCUT2D eigenvalue weighted by Gasteiger charge is -2.25. The predicted octanol–water partition coefficient (Wildman–Crippen LogP) is 7.40. The van der Waals surface area contributed by atoms with Crippen LogP contribution in [0.2, 0.25) is 0 Å². The molecule has 33 heavy (non-hydrogen) atoms. The number of hydrogen-bond acceptors (Lipinski definition) is 3. The third kappa shape index (κ3) is 15.4. The van der Waals surface area contributed by atoms with E-state index in [0.29, 0.717) is 18.7 Å². The molecule has 0 radical (unpaired) electrons. The standard InChI is InChI=1S/C21H27F3N2O.C4H10.C2H6/c1-4-17-8-7-9-18(14-17)15-26(13-12-25(2)3)16-19-10-5-6-11-20(19)27-21(22,23)24;1-4(2)3;1-2/h5-11,14H,4,12-13,15-16H2,1-3H3;4H,1-3H3;1-2H3. The maximum atomic E-state index is 12.7. The van der Waals surface area contributed by atoms with Gasteiger partial charge in [-0.1, -0.05) is 84.0 Å². The highest BCUT2D eigenvalue weighted by Crippen LogP contribution is 2.27. The Morgan fingerprint density at radius 2 is 1.42 bits per heavy atom. The molecule has 0 saturated carbocycles. The first-order valence-corrected chi connectivity index (χ1v) is 11.8. The summed E-state index contributed by atoms with van der Waals surface area (Å²) in [6, 6.07) is 14.7. The Morgan fingerprint density at radius 1 is 0.848 bits per heavy atom. The van der Waals surface area contributed by atoms with E-state index in [1.807, 2.05) is 34.0 Å². The van der Waals surface area contributed by atoms with Gasteiger partial charge in [0.25, 0.3) is 0 Å². The number of likely N-dealkylation sites (N-methyl/N-ethyl adjacent to an activating group) is 1. The molecule has 2 rings (SSSR count). The predicted molar refractivity (Wildman–Crippen MR) is 133 cm³/mol. The Hall–Kier alpha value is -2.05. The van der Waals surface area contributed by atoms with Crippen molar-refractivity contribution in [3.8, 4) is 5.75 Å². The van der Waals surface area contributed by atoms with Crippen LogP contribution in [0.25, 0.3) is 0 Å². The minimum atomic E-state index is -4.69. The van der Waals surface area contributed by atoms with Crippen LogP contribution in [-0.2, 0) is 19.5 Å². The van der Waals surface area contributed by atoms with Crippen LogP contribution in [0, 0.1) is 5.92 Å². The highest BCUT2D eigenvalue weighted by Gasteiger charge is 2.32. The molecule has 0 amide bonds. The van der Waals surface area contributed by atoms with Gasteiger partial charge < -0.3 is 9.64 Å². The summed E-state index contributed by atoms with van der Waals surface area (Å²) in [5.41, 5.74) is 2.93. The van der Waals surface area contributed by atoms with E-state index in [-0.39, 0.29) is 5.75 Å². The first-order chi connectivity index (χ1) is 15.5. The van der Waals surface area contributed by atoms with Gasteiger partial charge in [0.05, 0.1) is 0 Å². The molecule has 0 aliphatic rings. The Balaban J connectivity index is 0.00000154. The van der Waals surface area contributed by atoms with Crippen LogP contribution in [0.5, 0.6) is 5.75 Å². The Morgan fingerprint density at radius 3 is 1.97 bits per heavy atom. The average molecular weight is 469 g/mol. The zero-order valence-electron chi connectivity index (χ0n) is 21.7. The first-order valence-electron chi connectivity index (χ1n) is 11.8. The summed E-state index contributed by atoms with van der Waals surface area (Å²) < 4.78 is 42.3. The second kappa shape index (κ2) is 16.5. The smallest absolute Gasteiger partial charge is 0.405 e. The second-order valence-electron chi connectivity index (χ2n) is 8.58. The number of benzene rings is 2.